The lowest BCUT2D eigenvalue weighted by Gasteiger charge is -1.99. The van der Waals surface area contributed by atoms with Gasteiger partial charge >= 0.3 is 0 Å². The highest BCUT2D eigenvalue weighted by Gasteiger charge is 2.09. The third-order valence-electron chi connectivity index (χ3n) is 2.82. The Labute approximate surface area is 135 Å². The van der Waals surface area contributed by atoms with Crippen LogP contribution in [0.1, 0.15) is 5.56 Å². The molecule has 3 aromatic rings. The zero-order valence-electron chi connectivity index (χ0n) is 10.5. The molecule has 0 fully saturated rings. The molecule has 0 N–H and O–H groups in total. The van der Waals surface area contributed by atoms with Crippen LogP contribution < -0.4 is 0 Å². The molecular formula is C15H7Cl2N3S. The summed E-state index contributed by atoms with van der Waals surface area (Å²) in [5, 5.41) is 12.3. The molecule has 0 spiro atoms. The van der Waals surface area contributed by atoms with Crippen molar-refractivity contribution in [2.75, 3.05) is 0 Å². The molecule has 0 bridgehead atoms. The summed E-state index contributed by atoms with van der Waals surface area (Å²) in [5.41, 5.74) is 3.28. The number of thiazole rings is 1. The Hall–Kier alpha value is -1.93. The maximum absolute atomic E-state index is 8.81. The van der Waals surface area contributed by atoms with Crippen LogP contribution in [0, 0.1) is 11.3 Å². The van der Waals surface area contributed by atoms with Gasteiger partial charge in [0, 0.05) is 16.5 Å². The van der Waals surface area contributed by atoms with E-state index >= 15 is 0 Å². The van der Waals surface area contributed by atoms with E-state index < -0.39 is 0 Å². The van der Waals surface area contributed by atoms with Crippen LogP contribution in [0.2, 0.25) is 10.3 Å². The summed E-state index contributed by atoms with van der Waals surface area (Å²) >= 11 is 13.3. The number of pyridine rings is 1. The van der Waals surface area contributed by atoms with Gasteiger partial charge in [0.25, 0.3) is 0 Å². The van der Waals surface area contributed by atoms with E-state index in [1.165, 1.54) is 11.3 Å². The van der Waals surface area contributed by atoms with Gasteiger partial charge in [0.15, 0.2) is 0 Å². The summed E-state index contributed by atoms with van der Waals surface area (Å²) in [6.07, 6.45) is 0. The van der Waals surface area contributed by atoms with E-state index in [0.29, 0.717) is 15.9 Å². The molecule has 0 saturated carbocycles. The number of rotatable bonds is 2. The van der Waals surface area contributed by atoms with Crippen LogP contribution in [-0.2, 0) is 0 Å². The number of nitriles is 1. The summed E-state index contributed by atoms with van der Waals surface area (Å²) in [6, 6.07) is 12.9. The standard InChI is InChI=1S/C15H7Cl2N3S/c16-13-5-11(6-14(17)20-13)15-19-12(8-21-15)10-3-1-9(7-18)2-4-10/h1-6,8H. The highest BCUT2D eigenvalue weighted by Crippen LogP contribution is 2.31. The zero-order chi connectivity index (χ0) is 14.8. The molecule has 21 heavy (non-hydrogen) atoms. The highest BCUT2D eigenvalue weighted by molar-refractivity contribution is 7.13. The van der Waals surface area contributed by atoms with Gasteiger partial charge in [-0.25, -0.2) is 9.97 Å². The Morgan fingerprint density at radius 1 is 0.952 bits per heavy atom. The maximum atomic E-state index is 8.81. The molecule has 1 aromatic carbocycles. The van der Waals surface area contributed by atoms with Gasteiger partial charge in [-0.1, -0.05) is 35.3 Å². The fourth-order valence-corrected chi connectivity index (χ4v) is 3.12. The molecule has 3 rings (SSSR count). The van der Waals surface area contributed by atoms with Crippen molar-refractivity contribution < 1.29 is 0 Å². The topological polar surface area (TPSA) is 49.6 Å². The van der Waals surface area contributed by atoms with Gasteiger partial charge in [0.2, 0.25) is 0 Å². The third-order valence-corrected chi connectivity index (χ3v) is 4.10. The molecule has 0 aliphatic carbocycles. The van der Waals surface area contributed by atoms with E-state index in [0.717, 1.165) is 21.8 Å². The lowest BCUT2D eigenvalue weighted by Crippen LogP contribution is -1.83. The first-order valence-corrected chi connectivity index (χ1v) is 7.59. The molecule has 0 radical (unpaired) electrons. The van der Waals surface area contributed by atoms with Crippen LogP contribution >= 0.6 is 34.5 Å². The number of benzene rings is 1. The van der Waals surface area contributed by atoms with Crippen LogP contribution in [-0.4, -0.2) is 9.97 Å². The molecule has 0 atom stereocenters. The summed E-state index contributed by atoms with van der Waals surface area (Å²) in [4.78, 5) is 8.50. The molecule has 0 unspecified atom stereocenters. The average Bonchev–Trinajstić information content (AvgIpc) is 2.96. The van der Waals surface area contributed by atoms with Gasteiger partial charge in [-0.05, 0) is 24.3 Å². The van der Waals surface area contributed by atoms with E-state index in [9.17, 15) is 0 Å². The largest absolute Gasteiger partial charge is 0.236 e. The molecule has 3 nitrogen and oxygen atoms in total. The average molecular weight is 332 g/mol. The zero-order valence-corrected chi connectivity index (χ0v) is 12.9. The second-order valence-corrected chi connectivity index (χ2v) is 5.86. The fourth-order valence-electron chi connectivity index (χ4n) is 1.84. The van der Waals surface area contributed by atoms with Gasteiger partial charge in [0.05, 0.1) is 17.3 Å². The normalized spacial score (nSPS) is 10.3. The van der Waals surface area contributed by atoms with Gasteiger partial charge in [-0.3, -0.25) is 0 Å². The Bertz CT molecular complexity index is 815. The summed E-state index contributed by atoms with van der Waals surface area (Å²) in [7, 11) is 0. The molecule has 0 saturated heterocycles. The van der Waals surface area contributed by atoms with Gasteiger partial charge < -0.3 is 0 Å². The molecule has 0 amide bonds. The molecule has 102 valence electrons. The smallest absolute Gasteiger partial charge is 0.131 e. The fraction of sp³-hybridized carbons (Fsp3) is 0. The lowest BCUT2D eigenvalue weighted by molar-refractivity contribution is 1.32. The van der Waals surface area contributed by atoms with Crippen LogP contribution in [0.4, 0.5) is 0 Å². The Morgan fingerprint density at radius 2 is 1.62 bits per heavy atom. The van der Waals surface area contributed by atoms with Crippen LogP contribution in [0.5, 0.6) is 0 Å². The maximum Gasteiger partial charge on any atom is 0.131 e. The minimum absolute atomic E-state index is 0.340. The molecule has 0 aliphatic heterocycles. The molecule has 2 aromatic heterocycles. The number of hydrogen-bond donors (Lipinski definition) is 0. The molecular weight excluding hydrogens is 325 g/mol. The monoisotopic (exact) mass is 331 g/mol. The molecule has 2 heterocycles. The minimum atomic E-state index is 0.340. The van der Waals surface area contributed by atoms with E-state index in [4.69, 9.17) is 28.5 Å². The van der Waals surface area contributed by atoms with Crippen LogP contribution in [0.25, 0.3) is 21.8 Å². The van der Waals surface area contributed by atoms with Crippen molar-refractivity contribution in [1.82, 2.24) is 9.97 Å². The van der Waals surface area contributed by atoms with Crippen molar-refractivity contribution in [1.29, 1.82) is 5.26 Å². The van der Waals surface area contributed by atoms with E-state index in [-0.39, 0.29) is 0 Å². The Kier molecular flexibility index (Phi) is 3.89. The summed E-state index contributed by atoms with van der Waals surface area (Å²) in [5.74, 6) is 0. The van der Waals surface area contributed by atoms with Gasteiger partial charge in [0.1, 0.15) is 15.3 Å². The Balaban J connectivity index is 1.97. The minimum Gasteiger partial charge on any atom is -0.236 e. The van der Waals surface area contributed by atoms with Crippen molar-refractivity contribution in [3.8, 4) is 27.9 Å². The van der Waals surface area contributed by atoms with E-state index in [1.54, 1.807) is 24.3 Å². The number of halogens is 2. The van der Waals surface area contributed by atoms with Crippen molar-refractivity contribution >= 4 is 34.5 Å². The second kappa shape index (κ2) is 5.82. The van der Waals surface area contributed by atoms with Crippen molar-refractivity contribution in [2.24, 2.45) is 0 Å². The quantitative estimate of drug-likeness (QED) is 0.617. The predicted octanol–water partition coefficient (Wildman–Crippen LogP) is 5.05. The first kappa shape index (κ1) is 14.0. The van der Waals surface area contributed by atoms with Crippen LogP contribution in [0.3, 0.4) is 0 Å². The van der Waals surface area contributed by atoms with Crippen LogP contribution in [0.15, 0.2) is 41.8 Å². The lowest BCUT2D eigenvalue weighted by atomic mass is 10.1. The van der Waals surface area contributed by atoms with Crippen molar-refractivity contribution in [2.45, 2.75) is 0 Å². The van der Waals surface area contributed by atoms with Crippen molar-refractivity contribution in [3.05, 3.63) is 57.6 Å². The third kappa shape index (κ3) is 3.06. The highest BCUT2D eigenvalue weighted by atomic mass is 35.5. The molecule has 6 heteroatoms. The Morgan fingerprint density at radius 3 is 2.24 bits per heavy atom. The van der Waals surface area contributed by atoms with E-state index in [2.05, 4.69) is 16.0 Å². The van der Waals surface area contributed by atoms with Gasteiger partial charge in [-0.15, -0.1) is 11.3 Å². The number of hydrogen-bond acceptors (Lipinski definition) is 4. The first-order chi connectivity index (χ1) is 10.2. The second-order valence-electron chi connectivity index (χ2n) is 4.23. The SMILES string of the molecule is N#Cc1ccc(-c2csc(-c3cc(Cl)nc(Cl)c3)n2)cc1. The van der Waals surface area contributed by atoms with E-state index in [1.807, 2.05) is 17.5 Å². The predicted molar refractivity (Wildman–Crippen MR) is 85.5 cm³/mol. The molecule has 0 aliphatic rings. The van der Waals surface area contributed by atoms with Gasteiger partial charge in [-0.2, -0.15) is 5.26 Å². The number of aromatic nitrogens is 2. The summed E-state index contributed by atoms with van der Waals surface area (Å²) in [6.45, 7) is 0. The summed E-state index contributed by atoms with van der Waals surface area (Å²) < 4.78 is 0. The number of nitrogens with zero attached hydrogens (tertiary/aromatic N) is 3. The first-order valence-electron chi connectivity index (χ1n) is 5.95. The van der Waals surface area contributed by atoms with Crippen molar-refractivity contribution in [3.63, 3.8) is 0 Å².